The molecule has 0 aliphatic heterocycles. The van der Waals surface area contributed by atoms with Crippen molar-refractivity contribution in [2.45, 2.75) is 12.8 Å². The molecule has 22 heavy (non-hydrogen) atoms. The quantitative estimate of drug-likeness (QED) is 0.853. The molecule has 1 aromatic carbocycles. The number of rotatable bonds is 5. The highest BCUT2D eigenvalue weighted by Crippen LogP contribution is 2.37. The van der Waals surface area contributed by atoms with Gasteiger partial charge in [-0.1, -0.05) is 11.2 Å². The predicted octanol–water partition coefficient (Wildman–Crippen LogP) is 1.82. The molecule has 0 saturated carbocycles. The van der Waals surface area contributed by atoms with Crippen LogP contribution in [0.3, 0.4) is 0 Å². The SMILES string of the molecule is COCCNC(=O)c1noc2c1CCc1ccc(OC)cc1-2. The van der Waals surface area contributed by atoms with Gasteiger partial charge in [0.2, 0.25) is 0 Å². The molecule has 1 heterocycles. The maximum atomic E-state index is 12.2. The van der Waals surface area contributed by atoms with Gasteiger partial charge < -0.3 is 19.3 Å². The Bertz CT molecular complexity index is 693. The Kier molecular flexibility index (Phi) is 4.11. The summed E-state index contributed by atoms with van der Waals surface area (Å²) < 4.78 is 15.6. The van der Waals surface area contributed by atoms with E-state index in [0.717, 1.165) is 29.7 Å². The molecule has 2 aromatic rings. The van der Waals surface area contributed by atoms with Gasteiger partial charge in [-0.05, 0) is 30.5 Å². The maximum absolute atomic E-state index is 12.2. The number of nitrogens with one attached hydrogen (secondary N) is 1. The minimum atomic E-state index is -0.228. The number of benzene rings is 1. The van der Waals surface area contributed by atoms with Crippen LogP contribution in [0.2, 0.25) is 0 Å². The van der Waals surface area contributed by atoms with Crippen LogP contribution in [0.5, 0.6) is 5.75 Å². The van der Waals surface area contributed by atoms with Crippen LogP contribution < -0.4 is 10.1 Å². The molecule has 1 aliphatic carbocycles. The van der Waals surface area contributed by atoms with Gasteiger partial charge in [-0.3, -0.25) is 4.79 Å². The van der Waals surface area contributed by atoms with Crippen molar-refractivity contribution < 1.29 is 18.8 Å². The van der Waals surface area contributed by atoms with E-state index in [-0.39, 0.29) is 5.91 Å². The summed E-state index contributed by atoms with van der Waals surface area (Å²) in [6.45, 7) is 0.910. The molecule has 1 aromatic heterocycles. The molecule has 0 radical (unpaired) electrons. The van der Waals surface area contributed by atoms with Crippen molar-refractivity contribution in [2.75, 3.05) is 27.4 Å². The first-order valence-electron chi connectivity index (χ1n) is 7.17. The van der Waals surface area contributed by atoms with Gasteiger partial charge in [-0.25, -0.2) is 0 Å². The Morgan fingerprint density at radius 1 is 1.36 bits per heavy atom. The summed E-state index contributed by atoms with van der Waals surface area (Å²) in [5.41, 5.74) is 3.34. The molecule has 6 nitrogen and oxygen atoms in total. The van der Waals surface area contributed by atoms with Gasteiger partial charge in [0.15, 0.2) is 11.5 Å². The molecule has 3 rings (SSSR count). The van der Waals surface area contributed by atoms with Crippen LogP contribution in [0.4, 0.5) is 0 Å². The van der Waals surface area contributed by atoms with E-state index < -0.39 is 0 Å². The topological polar surface area (TPSA) is 73.6 Å². The van der Waals surface area contributed by atoms with Gasteiger partial charge in [-0.2, -0.15) is 0 Å². The van der Waals surface area contributed by atoms with Crippen LogP contribution in [-0.4, -0.2) is 38.4 Å². The number of carbonyl (C=O) groups excluding carboxylic acids is 1. The van der Waals surface area contributed by atoms with E-state index >= 15 is 0 Å². The minimum Gasteiger partial charge on any atom is -0.497 e. The average Bonchev–Trinajstić information content (AvgIpc) is 2.99. The maximum Gasteiger partial charge on any atom is 0.273 e. The molecule has 0 fully saturated rings. The second-order valence-electron chi connectivity index (χ2n) is 5.11. The number of hydrogen-bond acceptors (Lipinski definition) is 5. The zero-order valence-corrected chi connectivity index (χ0v) is 12.6. The first kappa shape index (κ1) is 14.6. The van der Waals surface area contributed by atoms with E-state index in [1.54, 1.807) is 14.2 Å². The molecular weight excluding hydrogens is 284 g/mol. The largest absolute Gasteiger partial charge is 0.497 e. The number of carbonyl (C=O) groups is 1. The molecule has 6 heteroatoms. The minimum absolute atomic E-state index is 0.228. The van der Waals surface area contributed by atoms with Crippen LogP contribution in [0, 0.1) is 0 Å². The van der Waals surface area contributed by atoms with Crippen LogP contribution in [0.1, 0.15) is 21.6 Å². The zero-order valence-electron chi connectivity index (χ0n) is 12.6. The lowest BCUT2D eigenvalue weighted by Gasteiger charge is -2.15. The van der Waals surface area contributed by atoms with Crippen molar-refractivity contribution in [2.24, 2.45) is 0 Å². The zero-order chi connectivity index (χ0) is 15.5. The van der Waals surface area contributed by atoms with Gasteiger partial charge >= 0.3 is 0 Å². The second-order valence-corrected chi connectivity index (χ2v) is 5.11. The monoisotopic (exact) mass is 302 g/mol. The standard InChI is InChI=1S/C16H18N2O4/c1-20-8-7-17-16(19)14-12-6-4-10-3-5-11(21-2)9-13(10)15(12)22-18-14/h3,5,9H,4,6-8H2,1-2H3,(H,17,19). The number of ether oxygens (including phenoxy) is 2. The first-order chi connectivity index (χ1) is 10.7. The molecule has 0 unspecified atom stereocenters. The number of aryl methyl sites for hydroxylation is 1. The number of aromatic nitrogens is 1. The summed E-state index contributed by atoms with van der Waals surface area (Å²) >= 11 is 0. The number of methoxy groups -OCH3 is 2. The molecule has 0 atom stereocenters. The molecule has 1 aliphatic rings. The van der Waals surface area contributed by atoms with Crippen molar-refractivity contribution in [3.8, 4) is 17.1 Å². The summed E-state index contributed by atoms with van der Waals surface area (Å²) in [5, 5.41) is 6.73. The lowest BCUT2D eigenvalue weighted by Crippen LogP contribution is -2.28. The highest BCUT2D eigenvalue weighted by atomic mass is 16.5. The highest BCUT2D eigenvalue weighted by Gasteiger charge is 2.27. The second kappa shape index (κ2) is 6.19. The Hall–Kier alpha value is -2.34. The van der Waals surface area contributed by atoms with Crippen molar-refractivity contribution in [3.63, 3.8) is 0 Å². The van der Waals surface area contributed by atoms with Crippen LogP contribution in [-0.2, 0) is 17.6 Å². The van der Waals surface area contributed by atoms with E-state index in [2.05, 4.69) is 10.5 Å². The number of amides is 1. The lowest BCUT2D eigenvalue weighted by atomic mass is 9.89. The van der Waals surface area contributed by atoms with Gasteiger partial charge in [0.05, 0.1) is 13.7 Å². The van der Waals surface area contributed by atoms with E-state index in [1.165, 1.54) is 5.56 Å². The third kappa shape index (κ3) is 2.57. The molecule has 0 spiro atoms. The van der Waals surface area contributed by atoms with E-state index in [9.17, 15) is 4.79 Å². The third-order valence-corrected chi connectivity index (χ3v) is 3.80. The van der Waals surface area contributed by atoms with E-state index in [4.69, 9.17) is 14.0 Å². The Morgan fingerprint density at radius 3 is 3.00 bits per heavy atom. The average molecular weight is 302 g/mol. The van der Waals surface area contributed by atoms with Gasteiger partial charge in [0.1, 0.15) is 5.75 Å². The fourth-order valence-electron chi connectivity index (χ4n) is 2.65. The summed E-state index contributed by atoms with van der Waals surface area (Å²) in [4.78, 5) is 12.2. The fraction of sp³-hybridized carbons (Fsp3) is 0.375. The first-order valence-corrected chi connectivity index (χ1v) is 7.17. The summed E-state index contributed by atoms with van der Waals surface area (Å²) in [6, 6.07) is 5.88. The van der Waals surface area contributed by atoms with Crippen LogP contribution in [0.25, 0.3) is 11.3 Å². The molecule has 0 bridgehead atoms. The highest BCUT2D eigenvalue weighted by molar-refractivity contribution is 5.95. The number of hydrogen-bond donors (Lipinski definition) is 1. The van der Waals surface area contributed by atoms with Crippen LogP contribution >= 0.6 is 0 Å². The lowest BCUT2D eigenvalue weighted by molar-refractivity contribution is 0.0927. The Balaban J connectivity index is 1.90. The molecule has 116 valence electrons. The van der Waals surface area contributed by atoms with Gasteiger partial charge in [-0.15, -0.1) is 0 Å². The fourth-order valence-corrected chi connectivity index (χ4v) is 2.65. The summed E-state index contributed by atoms with van der Waals surface area (Å²) in [6.07, 6.45) is 1.59. The Labute approximate surface area is 128 Å². The normalized spacial score (nSPS) is 12.5. The van der Waals surface area contributed by atoms with Crippen molar-refractivity contribution >= 4 is 5.91 Å². The molecule has 1 amide bonds. The van der Waals surface area contributed by atoms with Crippen molar-refractivity contribution in [1.29, 1.82) is 0 Å². The number of nitrogens with zero attached hydrogens (tertiary/aromatic N) is 1. The van der Waals surface area contributed by atoms with E-state index in [1.807, 2.05) is 18.2 Å². The van der Waals surface area contributed by atoms with Crippen LogP contribution in [0.15, 0.2) is 22.7 Å². The van der Waals surface area contributed by atoms with Crippen molar-refractivity contribution in [1.82, 2.24) is 10.5 Å². The Morgan fingerprint density at radius 2 is 2.23 bits per heavy atom. The van der Waals surface area contributed by atoms with Crippen molar-refractivity contribution in [3.05, 3.63) is 35.0 Å². The van der Waals surface area contributed by atoms with Gasteiger partial charge in [0, 0.05) is 24.8 Å². The number of fused-ring (bicyclic) bond motifs is 3. The molecule has 1 N–H and O–H groups in total. The summed E-state index contributed by atoms with van der Waals surface area (Å²) in [5.74, 6) is 1.19. The smallest absolute Gasteiger partial charge is 0.273 e. The van der Waals surface area contributed by atoms with E-state index in [0.29, 0.717) is 24.6 Å². The molecule has 0 saturated heterocycles. The molecular formula is C16H18N2O4. The van der Waals surface area contributed by atoms with Gasteiger partial charge in [0.25, 0.3) is 5.91 Å². The third-order valence-electron chi connectivity index (χ3n) is 3.80. The predicted molar refractivity (Wildman–Crippen MR) is 80.1 cm³/mol. The summed E-state index contributed by atoms with van der Waals surface area (Å²) in [7, 11) is 3.22.